The molecule has 0 saturated heterocycles. The highest BCUT2D eigenvalue weighted by atomic mass is 19.1. The number of rotatable bonds is 2. The summed E-state index contributed by atoms with van der Waals surface area (Å²) < 4.78 is 49.1. The van der Waals surface area contributed by atoms with Crippen molar-refractivity contribution in [2.75, 3.05) is 0 Å². The van der Waals surface area contributed by atoms with Crippen LogP contribution in [0, 0.1) is 5.82 Å². The molecule has 0 aliphatic carbocycles. The monoisotopic (exact) mass is 173 g/mol. The number of hydrogen-bond acceptors (Lipinski definition) is 2. The normalized spacial score (nSPS) is 18.4. The van der Waals surface area contributed by atoms with Gasteiger partial charge in [-0.1, -0.05) is 12.9 Å². The summed E-state index contributed by atoms with van der Waals surface area (Å²) in [5.74, 6) is -0.850. The Morgan fingerprint density at radius 2 is 2.42 bits per heavy atom. The SMILES string of the molecule is [2H]C([2H])([2H])C([2H])([2H])c1cc(F)ccc1B(O)O. The molecule has 2 N–H and O–H groups in total. The molecule has 1 rings (SSSR count). The molecule has 0 aliphatic rings. The predicted molar refractivity (Wildman–Crippen MR) is 45.6 cm³/mol. The van der Waals surface area contributed by atoms with Crippen molar-refractivity contribution in [2.24, 2.45) is 0 Å². The van der Waals surface area contributed by atoms with Crippen molar-refractivity contribution >= 4 is 12.6 Å². The van der Waals surface area contributed by atoms with E-state index < -0.39 is 31.7 Å². The summed E-state index contributed by atoms with van der Waals surface area (Å²) in [6, 6.07) is 2.49. The van der Waals surface area contributed by atoms with E-state index in [1.807, 2.05) is 0 Å². The zero-order valence-corrected chi connectivity index (χ0v) is 6.08. The Hall–Kier alpha value is -0.865. The summed E-state index contributed by atoms with van der Waals surface area (Å²) in [5.41, 5.74) is -0.958. The molecule has 0 bridgehead atoms. The maximum atomic E-state index is 13.0. The van der Waals surface area contributed by atoms with Gasteiger partial charge in [0.15, 0.2) is 0 Å². The molecular formula is C8H10BFO2. The third kappa shape index (κ3) is 1.84. The van der Waals surface area contributed by atoms with Crippen molar-refractivity contribution in [1.29, 1.82) is 0 Å². The van der Waals surface area contributed by atoms with Gasteiger partial charge in [-0.2, -0.15) is 0 Å². The van der Waals surface area contributed by atoms with Gasteiger partial charge in [0.05, 0.1) is 0 Å². The van der Waals surface area contributed by atoms with E-state index in [-0.39, 0.29) is 5.46 Å². The minimum absolute atomic E-state index is 0.368. The molecule has 1 aromatic rings. The maximum absolute atomic E-state index is 13.0. The Kier molecular flexibility index (Phi) is 1.35. The molecule has 0 unspecified atom stereocenters. The van der Waals surface area contributed by atoms with E-state index in [1.54, 1.807) is 0 Å². The number of hydrogen-bond donors (Lipinski definition) is 2. The van der Waals surface area contributed by atoms with E-state index in [1.165, 1.54) is 0 Å². The molecule has 0 radical (unpaired) electrons. The molecule has 0 heterocycles. The molecule has 0 atom stereocenters. The zero-order valence-electron chi connectivity index (χ0n) is 11.1. The molecular weight excluding hydrogens is 158 g/mol. The second kappa shape index (κ2) is 3.69. The fraction of sp³-hybridized carbons (Fsp3) is 0.250. The van der Waals surface area contributed by atoms with Gasteiger partial charge in [0, 0.05) is 6.85 Å². The topological polar surface area (TPSA) is 40.5 Å². The van der Waals surface area contributed by atoms with Crippen molar-refractivity contribution in [3.8, 4) is 0 Å². The van der Waals surface area contributed by atoms with Crippen LogP contribution >= 0.6 is 0 Å². The second-order valence-electron chi connectivity index (χ2n) is 2.23. The summed E-state index contributed by atoms with van der Waals surface area (Å²) in [6.07, 6.45) is -2.87. The minimum atomic E-state index is -3.04. The van der Waals surface area contributed by atoms with E-state index in [9.17, 15) is 4.39 Å². The van der Waals surface area contributed by atoms with Gasteiger partial charge in [0.1, 0.15) is 5.82 Å². The second-order valence-corrected chi connectivity index (χ2v) is 2.23. The van der Waals surface area contributed by atoms with Gasteiger partial charge >= 0.3 is 7.12 Å². The lowest BCUT2D eigenvalue weighted by Gasteiger charge is -2.05. The number of halogens is 1. The van der Waals surface area contributed by atoms with Crippen LogP contribution < -0.4 is 5.46 Å². The van der Waals surface area contributed by atoms with Crippen molar-refractivity contribution in [1.82, 2.24) is 0 Å². The van der Waals surface area contributed by atoms with Gasteiger partial charge in [-0.25, -0.2) is 4.39 Å². The Morgan fingerprint density at radius 1 is 1.67 bits per heavy atom. The molecule has 12 heavy (non-hydrogen) atoms. The lowest BCUT2D eigenvalue weighted by molar-refractivity contribution is 0.425. The average Bonchev–Trinajstić information content (AvgIpc) is 2.15. The van der Waals surface area contributed by atoms with Crippen molar-refractivity contribution in [3.05, 3.63) is 29.6 Å². The van der Waals surface area contributed by atoms with Gasteiger partial charge in [0.2, 0.25) is 0 Å². The van der Waals surface area contributed by atoms with Crippen LogP contribution in [-0.2, 0) is 6.37 Å². The third-order valence-electron chi connectivity index (χ3n) is 1.43. The van der Waals surface area contributed by atoms with Crippen LogP contribution in [0.1, 0.15) is 19.3 Å². The highest BCUT2D eigenvalue weighted by molar-refractivity contribution is 6.59. The fourth-order valence-electron chi connectivity index (χ4n) is 0.862. The molecule has 0 saturated carbocycles. The summed E-state index contributed by atoms with van der Waals surface area (Å²) in [4.78, 5) is 0. The Bertz CT molecular complexity index is 421. The molecule has 0 amide bonds. The first-order chi connectivity index (χ1) is 7.57. The van der Waals surface area contributed by atoms with Gasteiger partial charge in [-0.15, -0.1) is 0 Å². The van der Waals surface area contributed by atoms with Gasteiger partial charge in [0.25, 0.3) is 0 Å². The zero-order chi connectivity index (χ0) is 13.4. The highest BCUT2D eigenvalue weighted by Gasteiger charge is 2.14. The van der Waals surface area contributed by atoms with Crippen LogP contribution in [0.2, 0.25) is 0 Å². The Labute approximate surface area is 77.8 Å². The lowest BCUT2D eigenvalue weighted by atomic mass is 9.76. The van der Waals surface area contributed by atoms with Crippen LogP contribution in [0.3, 0.4) is 0 Å². The van der Waals surface area contributed by atoms with Gasteiger partial charge in [-0.3, -0.25) is 0 Å². The van der Waals surface area contributed by atoms with E-state index >= 15 is 0 Å². The summed E-state index contributed by atoms with van der Waals surface area (Å²) in [5, 5.41) is 18.0. The number of benzene rings is 1. The van der Waals surface area contributed by atoms with Crippen LogP contribution in [0.5, 0.6) is 0 Å². The number of aryl methyl sites for hydroxylation is 1. The minimum Gasteiger partial charge on any atom is -0.423 e. The standard InChI is InChI=1S/C8H10BFO2/c1-2-6-5-7(10)3-4-8(6)9(11)12/h3-5,11-12H,2H2,1H3/i1D3,2D2. The summed E-state index contributed by atoms with van der Waals surface area (Å²) in [7, 11) is -2.07. The molecule has 1 aromatic carbocycles. The van der Waals surface area contributed by atoms with E-state index in [2.05, 4.69) is 0 Å². The molecule has 0 fully saturated rings. The first-order valence-corrected chi connectivity index (χ1v) is 3.23. The molecule has 2 nitrogen and oxygen atoms in total. The quantitative estimate of drug-likeness (QED) is 0.621. The Balaban J connectivity index is 3.43. The smallest absolute Gasteiger partial charge is 0.423 e. The predicted octanol–water partition coefficient (Wildman–Crippen LogP) is 0.0679. The first-order valence-electron chi connectivity index (χ1n) is 5.73. The maximum Gasteiger partial charge on any atom is 0.488 e. The van der Waals surface area contributed by atoms with Crippen LogP contribution in [0.4, 0.5) is 4.39 Å². The van der Waals surface area contributed by atoms with Gasteiger partial charge < -0.3 is 10.0 Å². The van der Waals surface area contributed by atoms with Crippen LogP contribution in [-0.4, -0.2) is 17.2 Å². The summed E-state index contributed by atoms with van der Waals surface area (Å²) >= 11 is 0. The third-order valence-corrected chi connectivity index (χ3v) is 1.43. The van der Waals surface area contributed by atoms with Crippen LogP contribution in [0.15, 0.2) is 18.2 Å². The van der Waals surface area contributed by atoms with Gasteiger partial charge in [-0.05, 0) is 29.5 Å². The fourth-order valence-corrected chi connectivity index (χ4v) is 0.862. The van der Waals surface area contributed by atoms with E-state index in [0.29, 0.717) is 6.07 Å². The largest absolute Gasteiger partial charge is 0.488 e. The average molecular weight is 173 g/mol. The van der Waals surface area contributed by atoms with E-state index in [4.69, 9.17) is 16.9 Å². The molecule has 0 aliphatic heterocycles. The Morgan fingerprint density at radius 3 is 3.00 bits per heavy atom. The summed E-state index contributed by atoms with van der Waals surface area (Å²) in [6.45, 7) is -3.04. The van der Waals surface area contributed by atoms with Crippen molar-refractivity contribution in [3.63, 3.8) is 0 Å². The highest BCUT2D eigenvalue weighted by Crippen LogP contribution is 2.02. The molecule has 64 valence electrons. The first kappa shape index (κ1) is 4.39. The molecule has 4 heteroatoms. The lowest BCUT2D eigenvalue weighted by Crippen LogP contribution is -2.32. The van der Waals surface area contributed by atoms with Crippen molar-refractivity contribution < 1.29 is 21.3 Å². The molecule has 0 spiro atoms. The van der Waals surface area contributed by atoms with Crippen LogP contribution in [0.25, 0.3) is 0 Å². The van der Waals surface area contributed by atoms with Crippen molar-refractivity contribution in [2.45, 2.75) is 13.2 Å². The van der Waals surface area contributed by atoms with E-state index in [0.717, 1.165) is 12.1 Å². The molecule has 0 aromatic heterocycles.